The third-order valence-corrected chi connectivity index (χ3v) is 10.0. The Balaban J connectivity index is 1.88. The van der Waals surface area contributed by atoms with E-state index in [1.807, 2.05) is 20.8 Å². The maximum absolute atomic E-state index is 15.4. The molecular weight excluding hydrogens is 816 g/mol. The number of ether oxygens (including phenoxy) is 1. The van der Waals surface area contributed by atoms with Crippen molar-refractivity contribution in [2.75, 3.05) is 0 Å². The van der Waals surface area contributed by atoms with Crippen LogP contribution in [0.5, 0.6) is 11.5 Å². The van der Waals surface area contributed by atoms with E-state index in [2.05, 4.69) is 66.8 Å². The summed E-state index contributed by atoms with van der Waals surface area (Å²) in [5.41, 5.74) is 0.455. The first-order valence-corrected chi connectivity index (χ1v) is 17.3. The first-order chi connectivity index (χ1) is 21.6. The van der Waals surface area contributed by atoms with E-state index in [0.29, 0.717) is 23.4 Å². The van der Waals surface area contributed by atoms with Gasteiger partial charge in [-0.25, -0.2) is 26.3 Å². The Morgan fingerprint density at radius 1 is 0.565 bits per heavy atom. The van der Waals surface area contributed by atoms with Crippen molar-refractivity contribution in [1.82, 2.24) is 0 Å². The third-order valence-electron chi connectivity index (χ3n) is 8.20. The van der Waals surface area contributed by atoms with Crippen LogP contribution in [0.4, 0.5) is 35.1 Å². The molecule has 0 aromatic heterocycles. The van der Waals surface area contributed by atoms with Gasteiger partial charge in [0.15, 0.2) is 34.9 Å². The van der Waals surface area contributed by atoms with Crippen LogP contribution in [0.1, 0.15) is 65.3 Å². The molecule has 0 spiro atoms. The number of halogens is 11. The van der Waals surface area contributed by atoms with Gasteiger partial charge in [0, 0.05) is 38.1 Å². The van der Waals surface area contributed by atoms with Gasteiger partial charge in [-0.05, 0) is 48.1 Å². The quantitative estimate of drug-likeness (QED) is 0.0927. The van der Waals surface area contributed by atoms with E-state index in [-0.39, 0.29) is 16.4 Å². The highest BCUT2D eigenvalue weighted by molar-refractivity contribution is 9.09. The van der Waals surface area contributed by atoms with Crippen LogP contribution in [0.25, 0.3) is 11.1 Å². The van der Waals surface area contributed by atoms with E-state index >= 15 is 17.6 Å². The number of rotatable bonds is 9. The molecule has 0 bridgehead atoms. The molecule has 4 aromatic carbocycles. The second kappa shape index (κ2) is 14.0. The van der Waals surface area contributed by atoms with Gasteiger partial charge in [-0.1, -0.05) is 92.8 Å². The fourth-order valence-electron chi connectivity index (χ4n) is 5.47. The highest BCUT2D eigenvalue weighted by Gasteiger charge is 2.35. The van der Waals surface area contributed by atoms with Crippen molar-refractivity contribution in [2.24, 2.45) is 0 Å². The Hall–Kier alpha value is -2.44. The summed E-state index contributed by atoms with van der Waals surface area (Å²) >= 11 is 10.3. The van der Waals surface area contributed by atoms with Gasteiger partial charge < -0.3 is 4.74 Å². The van der Waals surface area contributed by atoms with Crippen molar-refractivity contribution in [3.8, 4) is 22.6 Å². The average molecular weight is 843 g/mol. The number of aryl methyl sites for hydroxylation is 1. The summed E-state index contributed by atoms with van der Waals surface area (Å²) in [6, 6.07) is 7.67. The summed E-state index contributed by atoms with van der Waals surface area (Å²) in [6.45, 7) is 8.82. The lowest BCUT2D eigenvalue weighted by molar-refractivity contribution is 0.363. The van der Waals surface area contributed by atoms with Crippen molar-refractivity contribution in [2.45, 2.75) is 62.4 Å². The molecule has 0 heterocycles. The molecule has 0 radical (unpaired) electrons. The zero-order chi connectivity index (χ0) is 34.4. The fraction of sp³-hybridized carbons (Fsp3) is 0.294. The Labute approximate surface area is 286 Å². The summed E-state index contributed by atoms with van der Waals surface area (Å²) in [5.74, 6) is -19.0. The molecule has 4 rings (SSSR count). The predicted molar refractivity (Wildman–Crippen MR) is 173 cm³/mol. The molecule has 46 heavy (non-hydrogen) atoms. The summed E-state index contributed by atoms with van der Waals surface area (Å²) in [6.07, 6.45) is 0.860. The Bertz CT molecular complexity index is 1770. The van der Waals surface area contributed by atoms with Crippen LogP contribution in [0, 0.1) is 60.4 Å². The predicted octanol–water partition coefficient (Wildman–Crippen LogP) is 12.4. The molecule has 0 saturated carbocycles. The summed E-state index contributed by atoms with van der Waals surface area (Å²) in [5, 5.41) is 0.845. The van der Waals surface area contributed by atoms with E-state index in [1.54, 1.807) is 12.1 Å². The van der Waals surface area contributed by atoms with Gasteiger partial charge in [-0.3, -0.25) is 0 Å². The summed E-state index contributed by atoms with van der Waals surface area (Å²) < 4.78 is 124. The van der Waals surface area contributed by atoms with Gasteiger partial charge in [0.25, 0.3) is 0 Å². The second-order valence-electron chi connectivity index (χ2n) is 11.3. The van der Waals surface area contributed by atoms with Crippen LogP contribution in [-0.4, -0.2) is 0 Å². The topological polar surface area (TPSA) is 9.23 Å². The summed E-state index contributed by atoms with van der Waals surface area (Å²) in [4.78, 5) is 0. The lowest BCUT2D eigenvalue weighted by atomic mass is 9.75. The van der Waals surface area contributed by atoms with Crippen molar-refractivity contribution < 1.29 is 39.9 Å². The van der Waals surface area contributed by atoms with E-state index in [0.717, 1.165) is 28.7 Å². The van der Waals surface area contributed by atoms with E-state index < -0.39 is 74.4 Å². The van der Waals surface area contributed by atoms with Crippen molar-refractivity contribution >= 4 is 47.8 Å². The number of alkyl halides is 3. The number of hydrogen-bond acceptors (Lipinski definition) is 1. The maximum Gasteiger partial charge on any atom is 0.205 e. The zero-order valence-corrected chi connectivity index (χ0v) is 30.0. The van der Waals surface area contributed by atoms with Crippen LogP contribution in [-0.2, 0) is 27.8 Å². The molecule has 0 amide bonds. The second-order valence-corrected chi connectivity index (χ2v) is 12.9. The molecule has 246 valence electrons. The molecule has 12 heteroatoms. The van der Waals surface area contributed by atoms with Crippen molar-refractivity contribution in [3.05, 3.63) is 115 Å². The Morgan fingerprint density at radius 3 is 1.37 bits per heavy atom. The van der Waals surface area contributed by atoms with E-state index in [4.69, 9.17) is 4.74 Å². The molecule has 0 aliphatic carbocycles. The molecule has 0 saturated heterocycles. The first kappa shape index (κ1) is 36.4. The van der Waals surface area contributed by atoms with Crippen LogP contribution in [0.15, 0.2) is 24.3 Å². The van der Waals surface area contributed by atoms with Crippen molar-refractivity contribution in [1.29, 1.82) is 0 Å². The van der Waals surface area contributed by atoms with Gasteiger partial charge in [0.2, 0.25) is 17.4 Å². The van der Waals surface area contributed by atoms with Crippen LogP contribution < -0.4 is 4.74 Å². The van der Waals surface area contributed by atoms with Gasteiger partial charge in [-0.2, -0.15) is 8.78 Å². The Kier molecular flexibility index (Phi) is 11.0. The molecule has 0 unspecified atom stereocenters. The largest absolute Gasteiger partial charge is 0.450 e. The highest BCUT2D eigenvalue weighted by atomic mass is 79.9. The lowest BCUT2D eigenvalue weighted by Crippen LogP contribution is -2.21. The molecule has 1 nitrogen and oxygen atoms in total. The lowest BCUT2D eigenvalue weighted by Gasteiger charge is -2.30. The standard InChI is InChI=1S/C34H27Br3F8O/c1-6-21-14(2)7-19(8-16(21)11-35)34(4,5)20-9-17(12-36)32(18(10-20)13-37)46-33-30(44)28(42)23(29(43)31(33)45)22-26(40)24(38)15(3)25(39)27(22)41/h7-10H,6,11-13H2,1-5H3. The van der Waals surface area contributed by atoms with E-state index in [1.165, 1.54) is 5.56 Å². The first-order valence-electron chi connectivity index (χ1n) is 13.9. The molecule has 0 fully saturated rings. The van der Waals surface area contributed by atoms with Crippen LogP contribution in [0.2, 0.25) is 0 Å². The molecule has 0 N–H and O–H groups in total. The average Bonchev–Trinajstić information content (AvgIpc) is 3.04. The zero-order valence-electron chi connectivity index (χ0n) is 25.2. The number of benzene rings is 4. The van der Waals surface area contributed by atoms with Gasteiger partial charge >= 0.3 is 0 Å². The molecule has 0 aliphatic heterocycles. The van der Waals surface area contributed by atoms with Gasteiger partial charge in [-0.15, -0.1) is 0 Å². The SMILES string of the molecule is CCc1c(C)cc(C(C)(C)c2cc(CBr)c(Oc3c(F)c(F)c(-c4c(F)c(F)c(C)c(F)c4F)c(F)c3F)c(CBr)c2)cc1CBr. The van der Waals surface area contributed by atoms with Crippen LogP contribution >= 0.6 is 47.8 Å². The monoisotopic (exact) mass is 840 g/mol. The normalized spacial score (nSPS) is 11.8. The number of hydrogen-bond donors (Lipinski definition) is 0. The smallest absolute Gasteiger partial charge is 0.205 e. The minimum Gasteiger partial charge on any atom is -0.450 e. The maximum atomic E-state index is 15.4. The summed E-state index contributed by atoms with van der Waals surface area (Å²) in [7, 11) is 0. The fourth-order valence-corrected chi connectivity index (χ4v) is 6.80. The van der Waals surface area contributed by atoms with Crippen molar-refractivity contribution in [3.63, 3.8) is 0 Å². The highest BCUT2D eigenvalue weighted by Crippen LogP contribution is 2.44. The molecule has 0 atom stereocenters. The van der Waals surface area contributed by atoms with Gasteiger partial charge in [0.1, 0.15) is 5.75 Å². The third kappa shape index (κ3) is 6.14. The Morgan fingerprint density at radius 2 is 0.957 bits per heavy atom. The molecule has 0 aliphatic rings. The molecular formula is C34H27Br3F8O. The van der Waals surface area contributed by atoms with Crippen LogP contribution in [0.3, 0.4) is 0 Å². The minimum absolute atomic E-state index is 0.0946. The minimum atomic E-state index is -2.30. The molecule has 4 aromatic rings. The van der Waals surface area contributed by atoms with E-state index in [9.17, 15) is 17.6 Å². The van der Waals surface area contributed by atoms with Gasteiger partial charge in [0.05, 0.1) is 11.1 Å².